The zero-order valence-electron chi connectivity index (χ0n) is 36.3. The summed E-state index contributed by atoms with van der Waals surface area (Å²) in [7, 11) is 0. The molecule has 0 bridgehead atoms. The molecule has 20 heteroatoms. The lowest BCUT2D eigenvalue weighted by Gasteiger charge is -2.14. The van der Waals surface area contributed by atoms with Crippen molar-refractivity contribution in [2.45, 2.75) is 18.8 Å². The van der Waals surface area contributed by atoms with E-state index in [1.165, 1.54) is 22.3 Å². The number of amides is 1. The van der Waals surface area contributed by atoms with Crippen molar-refractivity contribution in [3.63, 3.8) is 0 Å². The van der Waals surface area contributed by atoms with E-state index in [2.05, 4.69) is 34.3 Å². The van der Waals surface area contributed by atoms with Gasteiger partial charge in [0.2, 0.25) is 34.8 Å². The lowest BCUT2D eigenvalue weighted by atomic mass is 9.98. The van der Waals surface area contributed by atoms with Gasteiger partial charge in [0, 0.05) is 19.1 Å². The van der Waals surface area contributed by atoms with Crippen LogP contribution in [0.2, 0.25) is 0 Å². The Hall–Kier alpha value is -4.35. The molecule has 0 aromatic heterocycles. The average Bonchev–Trinajstić information content (AvgIpc) is 3.64. The Kier molecular flexibility index (Phi) is 26.5. The van der Waals surface area contributed by atoms with Gasteiger partial charge in [-0.1, -0.05) is 48.5 Å². The number of halogens is 5. The molecule has 1 amide bonds. The highest BCUT2D eigenvalue weighted by Gasteiger charge is 2.30. The number of hydrogen-bond donors (Lipinski definition) is 1. The van der Waals surface area contributed by atoms with Gasteiger partial charge in [0.05, 0.1) is 132 Å². The van der Waals surface area contributed by atoms with Gasteiger partial charge in [-0.05, 0) is 28.7 Å². The van der Waals surface area contributed by atoms with Crippen LogP contribution >= 0.6 is 0 Å². The predicted molar refractivity (Wildman–Crippen MR) is 222 cm³/mol. The molecule has 0 spiro atoms. The zero-order chi connectivity index (χ0) is 46.3. The van der Waals surface area contributed by atoms with E-state index in [1.807, 2.05) is 24.3 Å². The zero-order valence-corrected chi connectivity index (χ0v) is 36.3. The summed E-state index contributed by atoms with van der Waals surface area (Å²) in [5, 5.41) is 2.79. The normalized spacial score (nSPS) is 12.1. The van der Waals surface area contributed by atoms with Crippen LogP contribution in [0.4, 0.5) is 26.7 Å². The number of esters is 1. The lowest BCUT2D eigenvalue weighted by Crippen LogP contribution is -2.27. The van der Waals surface area contributed by atoms with Crippen LogP contribution in [0, 0.1) is 29.1 Å². The summed E-state index contributed by atoms with van der Waals surface area (Å²) >= 11 is 0. The molecule has 0 unspecified atom stereocenters. The molecule has 1 aliphatic carbocycles. The first-order chi connectivity index (χ1) is 31.8. The number of fused-ring (bicyclic) bond motifs is 3. The molecule has 3 aromatic carbocycles. The highest BCUT2D eigenvalue weighted by atomic mass is 19.2. The van der Waals surface area contributed by atoms with Crippen LogP contribution in [0.15, 0.2) is 48.5 Å². The van der Waals surface area contributed by atoms with Gasteiger partial charge in [-0.25, -0.2) is 18.0 Å². The summed E-state index contributed by atoms with van der Waals surface area (Å²) in [4.78, 5) is 24.0. The standard InChI is InChI=1S/C45H58F5NO14/c46-39-40(47)42(49)44(43(50)41(39)48)65-38(52)10-13-55-15-17-57-19-21-59-23-25-61-27-29-63-31-30-62-28-26-60-24-22-58-20-18-56-16-14-54-12-5-11-51-45(53)64-32-37-35-8-3-1-6-33(35)34-7-2-4-9-36(34)37/h1-4,6-9,37H,5,10-32H2,(H,51,53). The molecule has 3 aromatic rings. The Balaban J connectivity index is 0.785. The van der Waals surface area contributed by atoms with E-state index in [0.29, 0.717) is 119 Å². The van der Waals surface area contributed by atoms with Gasteiger partial charge >= 0.3 is 12.1 Å². The van der Waals surface area contributed by atoms with Crippen LogP contribution in [-0.4, -0.2) is 157 Å². The molecule has 0 fully saturated rings. The molecular weight excluding hydrogens is 873 g/mol. The third kappa shape index (κ3) is 20.0. The lowest BCUT2D eigenvalue weighted by molar-refractivity contribution is -0.136. The molecule has 0 saturated heterocycles. The number of ether oxygens (including phenoxy) is 12. The molecule has 1 N–H and O–H groups in total. The summed E-state index contributed by atoms with van der Waals surface area (Å²) in [6.45, 7) is 7.65. The van der Waals surface area contributed by atoms with E-state index in [9.17, 15) is 31.5 Å². The Morgan fingerprint density at radius 2 is 0.785 bits per heavy atom. The second-order valence-corrected chi connectivity index (χ2v) is 13.9. The van der Waals surface area contributed by atoms with Crippen molar-refractivity contribution in [1.82, 2.24) is 5.32 Å². The summed E-state index contributed by atoms with van der Waals surface area (Å²) < 4.78 is 131. The van der Waals surface area contributed by atoms with Crippen LogP contribution in [0.3, 0.4) is 0 Å². The first kappa shape index (κ1) is 53.3. The largest absolute Gasteiger partial charge is 0.449 e. The molecule has 0 heterocycles. The van der Waals surface area contributed by atoms with Crippen molar-refractivity contribution < 1.29 is 88.4 Å². The van der Waals surface area contributed by atoms with Gasteiger partial charge in [0.1, 0.15) is 6.61 Å². The van der Waals surface area contributed by atoms with Gasteiger partial charge < -0.3 is 62.2 Å². The van der Waals surface area contributed by atoms with E-state index >= 15 is 0 Å². The van der Waals surface area contributed by atoms with Crippen molar-refractivity contribution in [3.8, 4) is 16.9 Å². The van der Waals surface area contributed by atoms with Crippen LogP contribution in [-0.2, 0) is 56.9 Å². The number of carbonyl (C=O) groups is 2. The van der Waals surface area contributed by atoms with E-state index in [4.69, 9.17) is 52.1 Å². The number of alkyl carbamates (subject to hydrolysis) is 1. The molecule has 0 radical (unpaired) electrons. The maximum atomic E-state index is 13.6. The fourth-order valence-corrected chi connectivity index (χ4v) is 6.09. The number of rotatable bonds is 37. The minimum atomic E-state index is -2.35. The van der Waals surface area contributed by atoms with Crippen molar-refractivity contribution in [1.29, 1.82) is 0 Å². The van der Waals surface area contributed by atoms with Crippen LogP contribution in [0.25, 0.3) is 11.1 Å². The van der Waals surface area contributed by atoms with Gasteiger partial charge in [-0.3, -0.25) is 4.79 Å². The quantitative estimate of drug-likeness (QED) is 0.0186. The minimum Gasteiger partial charge on any atom is -0.449 e. The number of carbonyl (C=O) groups excluding carboxylic acids is 2. The van der Waals surface area contributed by atoms with Gasteiger partial charge in [-0.15, -0.1) is 0 Å². The highest BCUT2D eigenvalue weighted by Crippen LogP contribution is 2.44. The van der Waals surface area contributed by atoms with Crippen molar-refractivity contribution in [3.05, 3.63) is 88.7 Å². The summed E-state index contributed by atoms with van der Waals surface area (Å²) in [6, 6.07) is 16.4. The Morgan fingerprint density at radius 1 is 0.446 bits per heavy atom. The third-order valence-electron chi connectivity index (χ3n) is 9.26. The smallest absolute Gasteiger partial charge is 0.407 e. The van der Waals surface area contributed by atoms with E-state index in [-0.39, 0.29) is 39.0 Å². The maximum Gasteiger partial charge on any atom is 0.407 e. The molecule has 362 valence electrons. The van der Waals surface area contributed by atoms with Crippen LogP contribution in [0.1, 0.15) is 29.9 Å². The number of hydrogen-bond acceptors (Lipinski definition) is 14. The fourth-order valence-electron chi connectivity index (χ4n) is 6.09. The topological polar surface area (TPSA) is 157 Å². The van der Waals surface area contributed by atoms with Crippen molar-refractivity contribution in [2.75, 3.05) is 145 Å². The number of benzene rings is 3. The third-order valence-corrected chi connectivity index (χ3v) is 9.26. The van der Waals surface area contributed by atoms with E-state index in [0.717, 1.165) is 0 Å². The second kappa shape index (κ2) is 32.3. The van der Waals surface area contributed by atoms with Crippen molar-refractivity contribution in [2.24, 2.45) is 0 Å². The van der Waals surface area contributed by atoms with Crippen LogP contribution in [0.5, 0.6) is 5.75 Å². The molecular formula is C45H58F5NO14. The van der Waals surface area contributed by atoms with Gasteiger partial charge in [0.25, 0.3) is 0 Å². The molecule has 65 heavy (non-hydrogen) atoms. The average molecular weight is 932 g/mol. The highest BCUT2D eigenvalue weighted by molar-refractivity contribution is 5.79. The second-order valence-electron chi connectivity index (χ2n) is 13.9. The molecule has 0 saturated carbocycles. The van der Waals surface area contributed by atoms with Gasteiger partial charge in [-0.2, -0.15) is 8.78 Å². The Bertz CT molecular complexity index is 1750. The maximum absolute atomic E-state index is 13.6. The van der Waals surface area contributed by atoms with Gasteiger partial charge in [0.15, 0.2) is 0 Å². The molecule has 15 nitrogen and oxygen atoms in total. The predicted octanol–water partition coefficient (Wildman–Crippen LogP) is 5.77. The van der Waals surface area contributed by atoms with E-state index < -0.39 is 53.3 Å². The fraction of sp³-hybridized carbons (Fsp3) is 0.556. The van der Waals surface area contributed by atoms with E-state index in [1.54, 1.807) is 0 Å². The Morgan fingerprint density at radius 3 is 1.18 bits per heavy atom. The Labute approximate surface area is 374 Å². The molecule has 0 atom stereocenters. The first-order valence-electron chi connectivity index (χ1n) is 21.4. The summed E-state index contributed by atoms with van der Waals surface area (Å²) in [5.41, 5.74) is 4.74. The van der Waals surface area contributed by atoms with Crippen LogP contribution < -0.4 is 10.1 Å². The molecule has 1 aliphatic rings. The summed E-state index contributed by atoms with van der Waals surface area (Å²) in [6.07, 6.45) is -0.273. The summed E-state index contributed by atoms with van der Waals surface area (Å²) in [5.74, 6) is -14.1. The first-order valence-corrected chi connectivity index (χ1v) is 21.4. The monoisotopic (exact) mass is 931 g/mol. The van der Waals surface area contributed by atoms with Crippen molar-refractivity contribution >= 4 is 12.1 Å². The number of nitrogens with one attached hydrogen (secondary N) is 1. The minimum absolute atomic E-state index is 0.0284. The molecule has 4 rings (SSSR count). The molecule has 0 aliphatic heterocycles. The SMILES string of the molecule is O=C(CCOCCOCCOCCOCCOCCOCCOCCOCCOCCOCCCNC(=O)OCC1c2ccccc2-c2ccccc21)Oc1c(F)c(F)c(F)c(F)c1F.